The number of amides is 1. The Labute approximate surface area is 163 Å². The molecule has 27 heavy (non-hydrogen) atoms. The molecule has 1 aromatic carbocycles. The van der Waals surface area contributed by atoms with E-state index in [-0.39, 0.29) is 17.9 Å². The number of benzene rings is 1. The molecule has 3 aliphatic rings. The van der Waals surface area contributed by atoms with Crippen LogP contribution in [0.5, 0.6) is 0 Å². The number of halogens is 1. The van der Waals surface area contributed by atoms with Crippen molar-refractivity contribution >= 4 is 23.2 Å². The third-order valence-corrected chi connectivity index (χ3v) is 6.28. The second kappa shape index (κ2) is 6.91. The second-order valence-corrected chi connectivity index (χ2v) is 8.25. The van der Waals surface area contributed by atoms with E-state index in [0.29, 0.717) is 10.9 Å². The Kier molecular flexibility index (Phi) is 4.40. The minimum atomic E-state index is -0.0918. The molecule has 5 rings (SSSR count). The Morgan fingerprint density at radius 3 is 2.74 bits per heavy atom. The molecule has 2 aliphatic heterocycles. The molecule has 0 spiro atoms. The van der Waals surface area contributed by atoms with Gasteiger partial charge in [-0.05, 0) is 50.8 Å². The zero-order valence-corrected chi connectivity index (χ0v) is 15.9. The van der Waals surface area contributed by atoms with Crippen LogP contribution in [0.4, 0.5) is 5.69 Å². The van der Waals surface area contributed by atoms with Gasteiger partial charge >= 0.3 is 0 Å². The predicted octanol–water partition coefficient (Wildman–Crippen LogP) is 3.59. The van der Waals surface area contributed by atoms with E-state index in [0.717, 1.165) is 56.3 Å². The molecule has 3 heterocycles. The molecule has 1 aromatic heterocycles. The van der Waals surface area contributed by atoms with Gasteiger partial charge in [0.15, 0.2) is 5.82 Å². The zero-order chi connectivity index (χ0) is 18.4. The van der Waals surface area contributed by atoms with Crippen LogP contribution < -0.4 is 4.90 Å². The van der Waals surface area contributed by atoms with Crippen molar-refractivity contribution in [1.82, 2.24) is 15.0 Å². The Bertz CT molecular complexity index is 850. The lowest BCUT2D eigenvalue weighted by Crippen LogP contribution is -2.52. The molecule has 1 aliphatic carbocycles. The highest BCUT2D eigenvalue weighted by Gasteiger charge is 2.40. The van der Waals surface area contributed by atoms with Gasteiger partial charge in [0, 0.05) is 19.0 Å². The lowest BCUT2D eigenvalue weighted by atomic mass is 10.0. The third kappa shape index (κ3) is 3.25. The molecule has 7 heteroatoms. The summed E-state index contributed by atoms with van der Waals surface area (Å²) in [5, 5.41) is 4.77. The lowest BCUT2D eigenvalue weighted by molar-refractivity contribution is -0.125. The standard InChI is InChI=1S/C20H23ClN4O2/c21-15-4-1-2-5-16(15)25-10-3-6-17(20(25)26)24-11-9-14(12-24)19-22-18(23-27-19)13-7-8-13/h1-2,4-5,13-14,17H,3,6-12H2. The van der Waals surface area contributed by atoms with Gasteiger partial charge < -0.3 is 9.42 Å². The largest absolute Gasteiger partial charge is 0.339 e. The molecule has 0 radical (unpaired) electrons. The van der Waals surface area contributed by atoms with E-state index >= 15 is 0 Å². The number of aromatic nitrogens is 2. The quantitative estimate of drug-likeness (QED) is 0.803. The summed E-state index contributed by atoms with van der Waals surface area (Å²) < 4.78 is 5.52. The van der Waals surface area contributed by atoms with Gasteiger partial charge in [0.05, 0.1) is 22.7 Å². The molecule has 1 saturated carbocycles. The van der Waals surface area contributed by atoms with Crippen molar-refractivity contribution in [1.29, 1.82) is 0 Å². The average molecular weight is 387 g/mol. The van der Waals surface area contributed by atoms with Crippen LogP contribution in [0.25, 0.3) is 0 Å². The van der Waals surface area contributed by atoms with Crippen molar-refractivity contribution < 1.29 is 9.32 Å². The first kappa shape index (κ1) is 17.2. The van der Waals surface area contributed by atoms with Gasteiger partial charge in [0.1, 0.15) is 0 Å². The molecule has 0 N–H and O–H groups in total. The van der Waals surface area contributed by atoms with Gasteiger partial charge in [-0.1, -0.05) is 28.9 Å². The SMILES string of the molecule is O=C1C(N2CCC(c3nc(C4CC4)no3)C2)CCCN1c1ccccc1Cl. The van der Waals surface area contributed by atoms with Crippen LogP contribution in [-0.4, -0.2) is 46.6 Å². The maximum atomic E-state index is 13.2. The number of hydrogen-bond acceptors (Lipinski definition) is 5. The van der Waals surface area contributed by atoms with E-state index in [9.17, 15) is 4.79 Å². The summed E-state index contributed by atoms with van der Waals surface area (Å²) >= 11 is 6.33. The van der Waals surface area contributed by atoms with Crippen LogP contribution in [-0.2, 0) is 4.79 Å². The highest BCUT2D eigenvalue weighted by molar-refractivity contribution is 6.33. The number of rotatable bonds is 4. The summed E-state index contributed by atoms with van der Waals surface area (Å²) in [5.74, 6) is 2.49. The summed E-state index contributed by atoms with van der Waals surface area (Å²) in [4.78, 5) is 21.9. The fourth-order valence-electron chi connectivity index (χ4n) is 4.30. The average Bonchev–Trinajstić information content (AvgIpc) is 3.21. The van der Waals surface area contributed by atoms with Crippen LogP contribution in [0, 0.1) is 0 Å². The van der Waals surface area contributed by atoms with Crippen molar-refractivity contribution in [3.05, 3.63) is 41.0 Å². The molecule has 6 nitrogen and oxygen atoms in total. The van der Waals surface area contributed by atoms with Crippen molar-refractivity contribution in [2.45, 2.75) is 50.0 Å². The molecule has 2 atom stereocenters. The summed E-state index contributed by atoms with van der Waals surface area (Å²) in [5.41, 5.74) is 0.815. The monoisotopic (exact) mass is 386 g/mol. The van der Waals surface area contributed by atoms with Crippen molar-refractivity contribution in [2.24, 2.45) is 0 Å². The van der Waals surface area contributed by atoms with Crippen LogP contribution in [0.1, 0.15) is 55.7 Å². The lowest BCUT2D eigenvalue weighted by Gasteiger charge is -2.37. The highest BCUT2D eigenvalue weighted by atomic mass is 35.5. The van der Waals surface area contributed by atoms with Crippen LogP contribution in [0.2, 0.25) is 5.02 Å². The molecule has 3 fully saturated rings. The summed E-state index contributed by atoms with van der Waals surface area (Å²) in [6.07, 6.45) is 5.18. The summed E-state index contributed by atoms with van der Waals surface area (Å²) in [7, 11) is 0. The number of piperidine rings is 1. The Hall–Kier alpha value is -1.92. The minimum Gasteiger partial charge on any atom is -0.339 e. The van der Waals surface area contributed by atoms with Crippen molar-refractivity contribution in [2.75, 3.05) is 24.5 Å². The molecule has 2 saturated heterocycles. The minimum absolute atomic E-state index is 0.0918. The Balaban J connectivity index is 1.29. The highest BCUT2D eigenvalue weighted by Crippen LogP contribution is 2.39. The van der Waals surface area contributed by atoms with E-state index in [4.69, 9.17) is 16.1 Å². The number of carbonyl (C=O) groups is 1. The van der Waals surface area contributed by atoms with Gasteiger partial charge in [-0.25, -0.2) is 0 Å². The normalized spacial score (nSPS) is 26.7. The third-order valence-electron chi connectivity index (χ3n) is 5.96. The van der Waals surface area contributed by atoms with E-state index in [1.54, 1.807) is 0 Å². The summed E-state index contributed by atoms with van der Waals surface area (Å²) in [6, 6.07) is 7.49. The Morgan fingerprint density at radius 2 is 1.93 bits per heavy atom. The van der Waals surface area contributed by atoms with Crippen molar-refractivity contribution in [3.63, 3.8) is 0 Å². The van der Waals surface area contributed by atoms with E-state index < -0.39 is 0 Å². The van der Waals surface area contributed by atoms with E-state index in [1.165, 1.54) is 12.8 Å². The second-order valence-electron chi connectivity index (χ2n) is 7.84. The van der Waals surface area contributed by atoms with Crippen LogP contribution in [0.15, 0.2) is 28.8 Å². The molecular weight excluding hydrogens is 364 g/mol. The number of para-hydroxylation sites is 1. The maximum absolute atomic E-state index is 13.2. The molecule has 1 amide bonds. The predicted molar refractivity (Wildman–Crippen MR) is 102 cm³/mol. The zero-order valence-electron chi connectivity index (χ0n) is 15.2. The first-order valence-corrected chi connectivity index (χ1v) is 10.2. The molecule has 2 unspecified atom stereocenters. The molecule has 142 valence electrons. The number of hydrogen-bond donors (Lipinski definition) is 0. The Morgan fingerprint density at radius 1 is 1.07 bits per heavy atom. The molecule has 0 bridgehead atoms. The maximum Gasteiger partial charge on any atom is 0.244 e. The number of anilines is 1. The topological polar surface area (TPSA) is 62.5 Å². The van der Waals surface area contributed by atoms with Crippen LogP contribution in [0.3, 0.4) is 0 Å². The van der Waals surface area contributed by atoms with Gasteiger partial charge in [0.2, 0.25) is 11.8 Å². The fraction of sp³-hybridized carbons (Fsp3) is 0.550. The van der Waals surface area contributed by atoms with E-state index in [1.807, 2.05) is 29.2 Å². The first-order chi connectivity index (χ1) is 13.2. The van der Waals surface area contributed by atoms with Gasteiger partial charge in [-0.3, -0.25) is 9.69 Å². The first-order valence-electron chi connectivity index (χ1n) is 9.84. The number of carbonyl (C=O) groups excluding carboxylic acids is 1. The summed E-state index contributed by atoms with van der Waals surface area (Å²) in [6.45, 7) is 2.42. The van der Waals surface area contributed by atoms with Crippen LogP contribution >= 0.6 is 11.6 Å². The number of nitrogens with zero attached hydrogens (tertiary/aromatic N) is 4. The smallest absolute Gasteiger partial charge is 0.244 e. The van der Waals surface area contributed by atoms with Gasteiger partial charge in [0.25, 0.3) is 0 Å². The molecular formula is C20H23ClN4O2. The van der Waals surface area contributed by atoms with Gasteiger partial charge in [-0.15, -0.1) is 0 Å². The van der Waals surface area contributed by atoms with Crippen molar-refractivity contribution in [3.8, 4) is 0 Å². The number of likely N-dealkylation sites (tertiary alicyclic amines) is 1. The van der Waals surface area contributed by atoms with Gasteiger partial charge in [-0.2, -0.15) is 4.98 Å². The molecule has 2 aromatic rings. The van der Waals surface area contributed by atoms with E-state index in [2.05, 4.69) is 15.0 Å². The fourth-order valence-corrected chi connectivity index (χ4v) is 4.54.